The fraction of sp³-hybridized carbons (Fsp3) is 0.500. The van der Waals surface area contributed by atoms with Crippen molar-refractivity contribution in [2.24, 2.45) is 0 Å². The molecule has 1 fully saturated rings. The summed E-state index contributed by atoms with van der Waals surface area (Å²) in [6.45, 7) is 2.70. The molecule has 0 bridgehead atoms. The van der Waals surface area contributed by atoms with E-state index in [2.05, 4.69) is 10.6 Å². The second-order valence-corrected chi connectivity index (χ2v) is 5.43. The molecule has 1 heterocycles. The third-order valence-corrected chi connectivity index (χ3v) is 3.98. The summed E-state index contributed by atoms with van der Waals surface area (Å²) < 4.78 is 5.83. The molecule has 0 radical (unpaired) electrons. The SMILES string of the molecule is CCNC1C(=O)Nc2cc(OC3CCC3)c(Cl)cc21. The average molecular weight is 281 g/mol. The molecule has 3 rings (SSSR count). The minimum Gasteiger partial charge on any atom is -0.489 e. The number of carbonyl (C=O) groups excluding carboxylic acids is 1. The van der Waals surface area contributed by atoms with Crippen LogP contribution in [0.5, 0.6) is 5.75 Å². The summed E-state index contributed by atoms with van der Waals surface area (Å²) in [7, 11) is 0. The van der Waals surface area contributed by atoms with Crippen LogP contribution in [0.25, 0.3) is 0 Å². The monoisotopic (exact) mass is 280 g/mol. The lowest BCUT2D eigenvalue weighted by atomic mass is 9.96. The fourth-order valence-electron chi connectivity index (χ4n) is 2.43. The molecule has 1 aliphatic carbocycles. The van der Waals surface area contributed by atoms with E-state index in [9.17, 15) is 4.79 Å². The molecule has 102 valence electrons. The summed E-state index contributed by atoms with van der Waals surface area (Å²) in [4.78, 5) is 11.9. The summed E-state index contributed by atoms with van der Waals surface area (Å²) >= 11 is 6.25. The molecular formula is C14H17ClN2O2. The minimum absolute atomic E-state index is 0.0336. The Labute approximate surface area is 117 Å². The maximum atomic E-state index is 11.9. The van der Waals surface area contributed by atoms with Gasteiger partial charge in [0.25, 0.3) is 0 Å². The number of likely N-dealkylation sites (N-methyl/N-ethyl adjacent to an activating group) is 1. The molecule has 1 aliphatic heterocycles. The second-order valence-electron chi connectivity index (χ2n) is 5.02. The average Bonchev–Trinajstić information content (AvgIpc) is 2.61. The Morgan fingerprint density at radius 2 is 2.26 bits per heavy atom. The summed E-state index contributed by atoms with van der Waals surface area (Å²) in [5, 5.41) is 6.59. The molecule has 2 aliphatic rings. The molecule has 19 heavy (non-hydrogen) atoms. The first-order valence-corrected chi connectivity index (χ1v) is 7.11. The minimum atomic E-state index is -0.310. The highest BCUT2D eigenvalue weighted by atomic mass is 35.5. The lowest BCUT2D eigenvalue weighted by Crippen LogP contribution is -2.27. The van der Waals surface area contributed by atoms with Gasteiger partial charge in [0.2, 0.25) is 5.91 Å². The van der Waals surface area contributed by atoms with Crippen LogP contribution in [-0.2, 0) is 4.79 Å². The number of hydrogen-bond donors (Lipinski definition) is 2. The molecule has 5 heteroatoms. The van der Waals surface area contributed by atoms with Crippen molar-refractivity contribution in [2.75, 3.05) is 11.9 Å². The van der Waals surface area contributed by atoms with Crippen LogP contribution in [0.3, 0.4) is 0 Å². The van der Waals surface area contributed by atoms with Gasteiger partial charge in [0.1, 0.15) is 11.8 Å². The van der Waals surface area contributed by atoms with Crippen LogP contribution >= 0.6 is 11.6 Å². The van der Waals surface area contributed by atoms with Crippen molar-refractivity contribution in [3.05, 3.63) is 22.7 Å². The van der Waals surface area contributed by atoms with Gasteiger partial charge in [0.05, 0.1) is 11.1 Å². The van der Waals surface area contributed by atoms with E-state index in [0.717, 1.165) is 30.6 Å². The van der Waals surface area contributed by atoms with Crippen LogP contribution in [0, 0.1) is 0 Å². The fourth-order valence-corrected chi connectivity index (χ4v) is 2.64. The topological polar surface area (TPSA) is 50.4 Å². The van der Waals surface area contributed by atoms with Crippen molar-refractivity contribution >= 4 is 23.2 Å². The van der Waals surface area contributed by atoms with E-state index >= 15 is 0 Å². The van der Waals surface area contributed by atoms with Gasteiger partial charge in [0.15, 0.2) is 0 Å². The number of amides is 1. The normalized spacial score (nSPS) is 21.8. The van der Waals surface area contributed by atoms with Gasteiger partial charge >= 0.3 is 0 Å². The molecule has 1 saturated carbocycles. The zero-order chi connectivity index (χ0) is 13.4. The Hall–Kier alpha value is -1.26. The van der Waals surface area contributed by atoms with E-state index in [1.807, 2.05) is 19.1 Å². The van der Waals surface area contributed by atoms with Gasteiger partial charge in [-0.05, 0) is 31.9 Å². The molecule has 1 unspecified atom stereocenters. The van der Waals surface area contributed by atoms with Crippen LogP contribution in [-0.4, -0.2) is 18.6 Å². The first kappa shape index (κ1) is 12.8. The predicted molar refractivity (Wildman–Crippen MR) is 74.8 cm³/mol. The highest BCUT2D eigenvalue weighted by Crippen LogP contribution is 2.40. The number of fused-ring (bicyclic) bond motifs is 1. The number of rotatable bonds is 4. The van der Waals surface area contributed by atoms with Crippen LogP contribution in [0.15, 0.2) is 12.1 Å². The second kappa shape index (κ2) is 5.02. The van der Waals surface area contributed by atoms with Crippen LogP contribution in [0.4, 0.5) is 5.69 Å². The molecule has 0 spiro atoms. The van der Waals surface area contributed by atoms with E-state index < -0.39 is 0 Å². The van der Waals surface area contributed by atoms with Crippen molar-refractivity contribution < 1.29 is 9.53 Å². The largest absolute Gasteiger partial charge is 0.489 e. The zero-order valence-electron chi connectivity index (χ0n) is 10.8. The van der Waals surface area contributed by atoms with Gasteiger partial charge in [-0.1, -0.05) is 18.5 Å². The highest BCUT2D eigenvalue weighted by Gasteiger charge is 2.31. The summed E-state index contributed by atoms with van der Waals surface area (Å²) in [5.41, 5.74) is 1.70. The molecule has 0 saturated heterocycles. The van der Waals surface area contributed by atoms with E-state index in [-0.39, 0.29) is 18.1 Å². The molecule has 1 amide bonds. The lowest BCUT2D eigenvalue weighted by Gasteiger charge is -2.27. The number of hydrogen-bond acceptors (Lipinski definition) is 3. The zero-order valence-corrected chi connectivity index (χ0v) is 11.6. The number of nitrogens with one attached hydrogen (secondary N) is 2. The number of carbonyl (C=O) groups is 1. The van der Waals surface area contributed by atoms with Gasteiger partial charge in [0, 0.05) is 17.3 Å². The number of ether oxygens (including phenoxy) is 1. The molecular weight excluding hydrogens is 264 g/mol. The van der Waals surface area contributed by atoms with Gasteiger partial charge in [-0.3, -0.25) is 4.79 Å². The Bertz CT molecular complexity index is 514. The summed E-state index contributed by atoms with van der Waals surface area (Å²) in [6.07, 6.45) is 3.66. The predicted octanol–water partition coefficient (Wildman–Crippen LogP) is 2.87. The Balaban J connectivity index is 1.87. The first-order valence-electron chi connectivity index (χ1n) is 6.73. The van der Waals surface area contributed by atoms with E-state index in [1.165, 1.54) is 6.42 Å². The Morgan fingerprint density at radius 1 is 1.47 bits per heavy atom. The number of benzene rings is 1. The van der Waals surface area contributed by atoms with Gasteiger partial charge in [-0.25, -0.2) is 0 Å². The van der Waals surface area contributed by atoms with Crippen LogP contribution in [0.1, 0.15) is 37.8 Å². The van der Waals surface area contributed by atoms with Gasteiger partial charge < -0.3 is 15.4 Å². The van der Waals surface area contributed by atoms with Crippen LogP contribution in [0.2, 0.25) is 5.02 Å². The van der Waals surface area contributed by atoms with Crippen molar-refractivity contribution in [3.63, 3.8) is 0 Å². The standard InChI is InChI=1S/C14H17ClN2O2/c1-2-16-13-9-6-10(15)12(19-8-4-3-5-8)7-11(9)17-14(13)18/h6-8,13,16H,2-5H2,1H3,(H,17,18). The molecule has 2 N–H and O–H groups in total. The quantitative estimate of drug-likeness (QED) is 0.892. The Kier molecular flexibility index (Phi) is 3.37. The third-order valence-electron chi connectivity index (χ3n) is 3.69. The third kappa shape index (κ3) is 2.30. The maximum Gasteiger partial charge on any atom is 0.246 e. The molecule has 1 aromatic rings. The van der Waals surface area contributed by atoms with E-state index in [1.54, 1.807) is 0 Å². The first-order chi connectivity index (χ1) is 9.19. The summed E-state index contributed by atoms with van der Waals surface area (Å²) in [5.74, 6) is 0.635. The molecule has 1 aromatic carbocycles. The smallest absolute Gasteiger partial charge is 0.246 e. The highest BCUT2D eigenvalue weighted by molar-refractivity contribution is 6.32. The lowest BCUT2D eigenvalue weighted by molar-refractivity contribution is -0.117. The van der Waals surface area contributed by atoms with Crippen molar-refractivity contribution in [1.29, 1.82) is 0 Å². The van der Waals surface area contributed by atoms with Crippen molar-refractivity contribution in [2.45, 2.75) is 38.3 Å². The molecule has 1 atom stereocenters. The Morgan fingerprint density at radius 3 is 2.89 bits per heavy atom. The molecule has 4 nitrogen and oxygen atoms in total. The maximum absolute atomic E-state index is 11.9. The van der Waals surface area contributed by atoms with E-state index in [0.29, 0.717) is 10.8 Å². The number of anilines is 1. The molecule has 0 aromatic heterocycles. The van der Waals surface area contributed by atoms with Gasteiger partial charge in [-0.2, -0.15) is 0 Å². The van der Waals surface area contributed by atoms with Crippen molar-refractivity contribution in [1.82, 2.24) is 5.32 Å². The van der Waals surface area contributed by atoms with Crippen LogP contribution < -0.4 is 15.4 Å². The summed E-state index contributed by atoms with van der Waals surface area (Å²) in [6, 6.07) is 3.36. The number of halogens is 1. The van der Waals surface area contributed by atoms with Crippen molar-refractivity contribution in [3.8, 4) is 5.75 Å². The van der Waals surface area contributed by atoms with Gasteiger partial charge in [-0.15, -0.1) is 0 Å². The van der Waals surface area contributed by atoms with E-state index in [4.69, 9.17) is 16.3 Å².